The van der Waals surface area contributed by atoms with Gasteiger partial charge in [0.25, 0.3) is 11.8 Å². The van der Waals surface area contributed by atoms with Crippen LogP contribution < -0.4 is 5.32 Å². The number of anilines is 1. The third kappa shape index (κ3) is 5.53. The van der Waals surface area contributed by atoms with E-state index in [9.17, 15) is 18.8 Å². The molecule has 3 rings (SSSR count). The lowest BCUT2D eigenvalue weighted by molar-refractivity contribution is -0.110. The Bertz CT molecular complexity index is 1100. The fourth-order valence-electron chi connectivity index (χ4n) is 3.81. The van der Waals surface area contributed by atoms with E-state index < -0.39 is 17.8 Å². The second-order valence-corrected chi connectivity index (χ2v) is 8.06. The van der Waals surface area contributed by atoms with Crippen LogP contribution in [-0.2, 0) is 9.53 Å². The Morgan fingerprint density at radius 3 is 2.53 bits per heavy atom. The minimum atomic E-state index is -0.681. The highest BCUT2D eigenvalue weighted by atomic mass is 19.1. The second-order valence-electron chi connectivity index (χ2n) is 8.06. The van der Waals surface area contributed by atoms with E-state index in [0.29, 0.717) is 41.2 Å². The zero-order valence-corrected chi connectivity index (χ0v) is 20.0. The van der Waals surface area contributed by atoms with Gasteiger partial charge >= 0.3 is 6.09 Å². The Hall–Kier alpha value is -3.46. The first-order valence-electron chi connectivity index (χ1n) is 11.5. The monoisotopic (exact) mass is 470 g/mol. The molecule has 1 aromatic carbocycles. The molecule has 9 heteroatoms. The number of H-pyrrole nitrogens is 1. The van der Waals surface area contributed by atoms with Crippen molar-refractivity contribution in [3.63, 3.8) is 0 Å². The third-order valence-electron chi connectivity index (χ3n) is 5.76. The Kier molecular flexibility index (Phi) is 8.22. The van der Waals surface area contributed by atoms with Crippen molar-refractivity contribution in [2.24, 2.45) is 0 Å². The topological polar surface area (TPSA) is 94.7 Å². The first-order chi connectivity index (χ1) is 16.3. The molecule has 0 aliphatic carbocycles. The van der Waals surface area contributed by atoms with Crippen molar-refractivity contribution < 1.29 is 23.5 Å². The molecule has 1 aromatic heterocycles. The predicted octanol–water partition coefficient (Wildman–Crippen LogP) is 4.29. The number of nitrogens with one attached hydrogen (secondary N) is 2. The van der Waals surface area contributed by atoms with Crippen molar-refractivity contribution in [2.45, 2.75) is 34.1 Å². The zero-order chi connectivity index (χ0) is 24.8. The predicted molar refractivity (Wildman–Crippen MR) is 129 cm³/mol. The van der Waals surface area contributed by atoms with Crippen LogP contribution >= 0.6 is 0 Å². The highest BCUT2D eigenvalue weighted by Gasteiger charge is 2.28. The van der Waals surface area contributed by atoms with Gasteiger partial charge in [-0.3, -0.25) is 9.59 Å². The summed E-state index contributed by atoms with van der Waals surface area (Å²) in [6.45, 7) is 10.2. The van der Waals surface area contributed by atoms with Crippen LogP contribution in [0.2, 0.25) is 0 Å². The number of benzene rings is 1. The zero-order valence-electron chi connectivity index (χ0n) is 20.0. The summed E-state index contributed by atoms with van der Waals surface area (Å²) in [6.07, 6.45) is 1.54. The van der Waals surface area contributed by atoms with Crippen molar-refractivity contribution in [1.82, 2.24) is 14.8 Å². The number of halogens is 1. The standard InChI is InChI=1S/C25H31FN4O4/c1-5-12-34-25(33)30(11-10-29(6-2)7-3)24(32)19-14-18(27-16(19)4)15-21-20-13-17(26)8-9-22(20)28-23(21)31/h8-9,13-15,27H,5-7,10-12H2,1-4H3,(H,28,31). The number of rotatable bonds is 9. The van der Waals surface area contributed by atoms with Gasteiger partial charge in [0, 0.05) is 35.7 Å². The average Bonchev–Trinajstić information content (AvgIpc) is 3.33. The number of likely N-dealkylation sites (N-methyl/N-ethyl adjacent to an activating group) is 1. The maximum atomic E-state index is 13.7. The SMILES string of the molecule is CCCOC(=O)N(CCN(CC)CC)C(=O)c1cc(C=C2C(=O)Nc3ccc(F)cc32)[nH]c1C. The minimum absolute atomic E-state index is 0.194. The summed E-state index contributed by atoms with van der Waals surface area (Å²) in [5.74, 6) is -1.28. The Labute approximate surface area is 198 Å². The van der Waals surface area contributed by atoms with Crippen LogP contribution in [0.1, 0.15) is 54.5 Å². The lowest BCUT2D eigenvalue weighted by Gasteiger charge is -2.24. The summed E-state index contributed by atoms with van der Waals surface area (Å²) in [7, 11) is 0. The van der Waals surface area contributed by atoms with Crippen molar-refractivity contribution in [3.05, 3.63) is 52.6 Å². The van der Waals surface area contributed by atoms with Crippen LogP contribution in [0.25, 0.3) is 11.6 Å². The van der Waals surface area contributed by atoms with Crippen LogP contribution in [0.3, 0.4) is 0 Å². The van der Waals surface area contributed by atoms with Gasteiger partial charge in [0.05, 0.1) is 17.7 Å². The number of aromatic amines is 1. The maximum absolute atomic E-state index is 13.7. The van der Waals surface area contributed by atoms with Gasteiger partial charge in [0.2, 0.25) is 0 Å². The molecule has 0 atom stereocenters. The van der Waals surface area contributed by atoms with Crippen molar-refractivity contribution in [3.8, 4) is 0 Å². The number of nitrogens with zero attached hydrogens (tertiary/aromatic N) is 2. The fourth-order valence-corrected chi connectivity index (χ4v) is 3.81. The van der Waals surface area contributed by atoms with E-state index in [1.807, 2.05) is 20.8 Å². The number of aromatic nitrogens is 1. The summed E-state index contributed by atoms with van der Waals surface area (Å²) >= 11 is 0. The van der Waals surface area contributed by atoms with Crippen molar-refractivity contribution >= 4 is 35.2 Å². The number of aryl methyl sites for hydroxylation is 1. The highest BCUT2D eigenvalue weighted by Crippen LogP contribution is 2.33. The van der Waals surface area contributed by atoms with E-state index >= 15 is 0 Å². The lowest BCUT2D eigenvalue weighted by Crippen LogP contribution is -2.43. The van der Waals surface area contributed by atoms with Crippen molar-refractivity contribution in [1.29, 1.82) is 0 Å². The van der Waals surface area contributed by atoms with Crippen LogP contribution in [0.5, 0.6) is 0 Å². The smallest absolute Gasteiger partial charge is 0.416 e. The molecule has 0 fully saturated rings. The number of carbonyl (C=O) groups excluding carboxylic acids is 3. The lowest BCUT2D eigenvalue weighted by atomic mass is 10.1. The molecule has 2 heterocycles. The van der Waals surface area contributed by atoms with Gasteiger partial charge in [0.1, 0.15) is 5.82 Å². The molecular formula is C25H31FN4O4. The number of carbonyl (C=O) groups is 3. The van der Waals surface area contributed by atoms with Crippen LogP contribution in [0.4, 0.5) is 14.9 Å². The summed E-state index contributed by atoms with van der Waals surface area (Å²) < 4.78 is 19.0. The molecule has 1 aliphatic heterocycles. The molecule has 0 unspecified atom stereocenters. The van der Waals surface area contributed by atoms with Crippen LogP contribution in [0.15, 0.2) is 24.3 Å². The number of fused-ring (bicyclic) bond motifs is 1. The average molecular weight is 471 g/mol. The molecule has 1 aliphatic rings. The van der Waals surface area contributed by atoms with Gasteiger partial charge in [0.15, 0.2) is 0 Å². The Morgan fingerprint density at radius 1 is 1.12 bits per heavy atom. The van der Waals surface area contributed by atoms with E-state index in [4.69, 9.17) is 4.74 Å². The molecule has 0 saturated carbocycles. The van der Waals surface area contributed by atoms with Gasteiger partial charge in [-0.1, -0.05) is 20.8 Å². The van der Waals surface area contributed by atoms with Gasteiger partial charge in [-0.2, -0.15) is 0 Å². The molecule has 34 heavy (non-hydrogen) atoms. The van der Waals surface area contributed by atoms with E-state index in [1.165, 1.54) is 18.2 Å². The summed E-state index contributed by atoms with van der Waals surface area (Å²) in [4.78, 5) is 44.8. The van der Waals surface area contributed by atoms with E-state index in [0.717, 1.165) is 18.0 Å². The number of amides is 3. The number of imide groups is 1. The van der Waals surface area contributed by atoms with Gasteiger partial charge < -0.3 is 19.9 Å². The quantitative estimate of drug-likeness (QED) is 0.534. The van der Waals surface area contributed by atoms with Crippen LogP contribution in [-0.4, -0.2) is 65.5 Å². The van der Waals surface area contributed by atoms with Gasteiger partial charge in [-0.25, -0.2) is 14.1 Å². The van der Waals surface area contributed by atoms with Gasteiger partial charge in [-0.15, -0.1) is 0 Å². The highest BCUT2D eigenvalue weighted by molar-refractivity contribution is 6.34. The number of hydrogen-bond acceptors (Lipinski definition) is 5. The fraction of sp³-hybridized carbons (Fsp3) is 0.400. The molecule has 8 nitrogen and oxygen atoms in total. The summed E-state index contributed by atoms with van der Waals surface area (Å²) in [5, 5.41) is 2.70. The van der Waals surface area contributed by atoms with E-state index in [-0.39, 0.29) is 24.6 Å². The van der Waals surface area contributed by atoms with E-state index in [1.54, 1.807) is 19.1 Å². The molecule has 2 N–H and O–H groups in total. The molecule has 0 saturated heterocycles. The normalized spacial score (nSPS) is 13.8. The molecule has 0 spiro atoms. The second kappa shape index (κ2) is 11.1. The molecule has 2 aromatic rings. The molecular weight excluding hydrogens is 439 g/mol. The number of ether oxygens (including phenoxy) is 1. The summed E-state index contributed by atoms with van der Waals surface area (Å²) in [6, 6.07) is 5.67. The molecule has 0 bridgehead atoms. The molecule has 0 radical (unpaired) electrons. The van der Waals surface area contributed by atoms with Gasteiger partial charge in [-0.05, 0) is 56.8 Å². The van der Waals surface area contributed by atoms with Crippen LogP contribution in [0, 0.1) is 12.7 Å². The maximum Gasteiger partial charge on any atom is 0.416 e. The van der Waals surface area contributed by atoms with Crippen molar-refractivity contribution in [2.75, 3.05) is 38.1 Å². The first-order valence-corrected chi connectivity index (χ1v) is 11.5. The third-order valence-corrected chi connectivity index (χ3v) is 5.76. The van der Waals surface area contributed by atoms with E-state index in [2.05, 4.69) is 15.2 Å². The largest absolute Gasteiger partial charge is 0.449 e. The Balaban J connectivity index is 1.88. The Morgan fingerprint density at radius 2 is 1.85 bits per heavy atom. The summed E-state index contributed by atoms with van der Waals surface area (Å²) in [5.41, 5.74) is 2.61. The minimum Gasteiger partial charge on any atom is -0.449 e. The molecule has 182 valence electrons. The molecule has 3 amide bonds. The number of hydrogen-bond donors (Lipinski definition) is 2. The first kappa shape index (κ1) is 25.2.